The van der Waals surface area contributed by atoms with E-state index in [1.165, 1.54) is 0 Å². The Balaban J connectivity index is 1.97. The first-order valence-corrected chi connectivity index (χ1v) is 8.02. The van der Waals surface area contributed by atoms with E-state index in [4.69, 9.17) is 4.74 Å². The average molecular weight is 302 g/mol. The van der Waals surface area contributed by atoms with Crippen LogP contribution in [0.2, 0.25) is 0 Å². The molecule has 2 N–H and O–H groups in total. The third kappa shape index (κ3) is 2.78. The van der Waals surface area contributed by atoms with E-state index in [0.717, 1.165) is 38.0 Å². The zero-order valence-corrected chi connectivity index (χ0v) is 12.9. The quantitative estimate of drug-likeness (QED) is 0.814. The van der Waals surface area contributed by atoms with Crippen LogP contribution in [-0.2, 0) is 4.74 Å². The van der Waals surface area contributed by atoms with E-state index < -0.39 is 0 Å². The average Bonchev–Trinajstić information content (AvgIpc) is 2.84. The summed E-state index contributed by atoms with van der Waals surface area (Å²) in [6.07, 6.45) is 3.17. The maximum atomic E-state index is 12.2. The number of nitrogens with one attached hydrogen (secondary N) is 2. The number of morpholine rings is 1. The largest absolute Gasteiger partial charge is 0.378 e. The van der Waals surface area contributed by atoms with Crippen LogP contribution in [0.15, 0.2) is 18.2 Å². The van der Waals surface area contributed by atoms with Gasteiger partial charge in [0.1, 0.15) is 0 Å². The highest BCUT2D eigenvalue weighted by Gasteiger charge is 2.34. The van der Waals surface area contributed by atoms with E-state index in [1.807, 2.05) is 12.1 Å². The molecule has 1 fully saturated rings. The second kappa shape index (κ2) is 6.58. The maximum Gasteiger partial charge on any atom is 0.259 e. The number of carbonyl (C=O) groups excluding carboxylic acids is 2. The number of amides is 2. The summed E-state index contributed by atoms with van der Waals surface area (Å²) in [4.78, 5) is 24.0. The number of hydrogen-bond acceptors (Lipinski definition) is 4. The van der Waals surface area contributed by atoms with Gasteiger partial charge in [0.25, 0.3) is 11.8 Å². The SMILES string of the molecule is CCCCC(c1cccc2c1C(=O)NC2=O)C1COCCN1. The molecule has 2 amide bonds. The van der Waals surface area contributed by atoms with Crippen LogP contribution in [0.25, 0.3) is 0 Å². The number of unbranched alkanes of at least 4 members (excludes halogenated alkanes) is 1. The Morgan fingerprint density at radius 1 is 1.32 bits per heavy atom. The van der Waals surface area contributed by atoms with Gasteiger partial charge in [-0.05, 0) is 18.1 Å². The summed E-state index contributed by atoms with van der Waals surface area (Å²) in [6, 6.07) is 5.76. The Kier molecular flexibility index (Phi) is 4.55. The zero-order chi connectivity index (χ0) is 15.5. The van der Waals surface area contributed by atoms with Crippen molar-refractivity contribution in [2.24, 2.45) is 0 Å². The topological polar surface area (TPSA) is 67.4 Å². The normalized spacial score (nSPS) is 22.3. The molecule has 1 saturated heterocycles. The highest BCUT2D eigenvalue weighted by atomic mass is 16.5. The standard InChI is InChI=1S/C17H22N2O3/c1-2-3-5-11(14-10-22-9-8-18-14)12-6-4-7-13-15(12)17(21)19-16(13)20/h4,6-7,11,14,18H,2-3,5,8-10H2,1H3,(H,19,20,21). The number of benzene rings is 1. The van der Waals surface area contributed by atoms with E-state index >= 15 is 0 Å². The Morgan fingerprint density at radius 2 is 2.18 bits per heavy atom. The summed E-state index contributed by atoms with van der Waals surface area (Å²) in [6.45, 7) is 4.36. The second-order valence-corrected chi connectivity index (χ2v) is 5.94. The minimum atomic E-state index is -0.288. The Labute approximate surface area is 130 Å². The molecule has 0 radical (unpaired) electrons. The molecule has 5 heteroatoms. The summed E-state index contributed by atoms with van der Waals surface area (Å²) in [5, 5.41) is 5.91. The van der Waals surface area contributed by atoms with E-state index in [-0.39, 0.29) is 23.8 Å². The first-order chi connectivity index (χ1) is 10.7. The van der Waals surface area contributed by atoms with Crippen LogP contribution in [0.4, 0.5) is 0 Å². The molecule has 1 aromatic carbocycles. The summed E-state index contributed by atoms with van der Waals surface area (Å²) < 4.78 is 5.60. The van der Waals surface area contributed by atoms with Gasteiger partial charge in [-0.3, -0.25) is 14.9 Å². The first-order valence-electron chi connectivity index (χ1n) is 8.02. The van der Waals surface area contributed by atoms with Crippen LogP contribution < -0.4 is 10.6 Å². The number of ether oxygens (including phenoxy) is 1. The predicted molar refractivity (Wildman–Crippen MR) is 83.1 cm³/mol. The molecule has 0 aliphatic carbocycles. The lowest BCUT2D eigenvalue weighted by molar-refractivity contribution is 0.0662. The van der Waals surface area contributed by atoms with Gasteiger partial charge in [0.15, 0.2) is 0 Å². The third-order valence-electron chi connectivity index (χ3n) is 4.50. The lowest BCUT2D eigenvalue weighted by atomic mass is 9.83. The lowest BCUT2D eigenvalue weighted by Gasteiger charge is -2.32. The van der Waals surface area contributed by atoms with Gasteiger partial charge in [-0.1, -0.05) is 31.9 Å². The molecular formula is C17H22N2O3. The molecule has 0 spiro atoms. The number of imide groups is 1. The van der Waals surface area contributed by atoms with Gasteiger partial charge in [-0.15, -0.1) is 0 Å². The van der Waals surface area contributed by atoms with Gasteiger partial charge in [0.05, 0.1) is 24.3 Å². The van der Waals surface area contributed by atoms with Crippen molar-refractivity contribution in [1.82, 2.24) is 10.6 Å². The summed E-state index contributed by atoms with van der Waals surface area (Å²) in [5.41, 5.74) is 2.03. The van der Waals surface area contributed by atoms with Crippen molar-refractivity contribution in [1.29, 1.82) is 0 Å². The van der Waals surface area contributed by atoms with E-state index in [1.54, 1.807) is 6.07 Å². The molecule has 118 valence electrons. The number of hydrogen-bond donors (Lipinski definition) is 2. The summed E-state index contributed by atoms with van der Waals surface area (Å²) >= 11 is 0. The van der Waals surface area contributed by atoms with Crippen LogP contribution in [-0.4, -0.2) is 37.6 Å². The van der Waals surface area contributed by atoms with Crippen molar-refractivity contribution in [3.05, 3.63) is 34.9 Å². The van der Waals surface area contributed by atoms with Crippen LogP contribution >= 0.6 is 0 Å². The number of fused-ring (bicyclic) bond motifs is 1. The zero-order valence-electron chi connectivity index (χ0n) is 12.9. The van der Waals surface area contributed by atoms with E-state index in [2.05, 4.69) is 17.6 Å². The molecule has 2 aliphatic heterocycles. The molecular weight excluding hydrogens is 280 g/mol. The smallest absolute Gasteiger partial charge is 0.259 e. The van der Waals surface area contributed by atoms with E-state index in [9.17, 15) is 9.59 Å². The molecule has 2 aliphatic rings. The van der Waals surface area contributed by atoms with Crippen molar-refractivity contribution >= 4 is 11.8 Å². The van der Waals surface area contributed by atoms with Crippen LogP contribution in [0.5, 0.6) is 0 Å². The second-order valence-electron chi connectivity index (χ2n) is 5.94. The fraction of sp³-hybridized carbons (Fsp3) is 0.529. The Bertz CT molecular complexity index is 579. The van der Waals surface area contributed by atoms with Crippen molar-refractivity contribution in [3.63, 3.8) is 0 Å². The third-order valence-corrected chi connectivity index (χ3v) is 4.50. The monoisotopic (exact) mass is 302 g/mol. The van der Waals surface area contributed by atoms with Crippen molar-refractivity contribution in [2.75, 3.05) is 19.8 Å². The molecule has 22 heavy (non-hydrogen) atoms. The molecule has 0 saturated carbocycles. The molecule has 0 bridgehead atoms. The first kappa shape index (κ1) is 15.2. The minimum Gasteiger partial charge on any atom is -0.378 e. The number of rotatable bonds is 5. The van der Waals surface area contributed by atoms with Crippen LogP contribution in [0, 0.1) is 0 Å². The van der Waals surface area contributed by atoms with Crippen molar-refractivity contribution < 1.29 is 14.3 Å². The summed E-state index contributed by atoms with van der Waals surface area (Å²) in [7, 11) is 0. The fourth-order valence-electron chi connectivity index (χ4n) is 3.40. The predicted octanol–water partition coefficient (Wildman–Crippen LogP) is 1.83. The van der Waals surface area contributed by atoms with Gasteiger partial charge in [0, 0.05) is 18.5 Å². The van der Waals surface area contributed by atoms with Crippen molar-refractivity contribution in [3.8, 4) is 0 Å². The maximum absolute atomic E-state index is 12.2. The van der Waals surface area contributed by atoms with Crippen molar-refractivity contribution in [2.45, 2.75) is 38.1 Å². The van der Waals surface area contributed by atoms with Gasteiger partial charge in [-0.2, -0.15) is 0 Å². The minimum absolute atomic E-state index is 0.187. The Hall–Kier alpha value is -1.72. The van der Waals surface area contributed by atoms with Gasteiger partial charge < -0.3 is 10.1 Å². The van der Waals surface area contributed by atoms with Crippen LogP contribution in [0.1, 0.15) is 58.4 Å². The highest BCUT2D eigenvalue weighted by Crippen LogP contribution is 2.33. The van der Waals surface area contributed by atoms with Gasteiger partial charge in [-0.25, -0.2) is 0 Å². The molecule has 2 unspecified atom stereocenters. The molecule has 1 aromatic rings. The molecule has 3 rings (SSSR count). The molecule has 2 atom stereocenters. The molecule has 2 heterocycles. The highest BCUT2D eigenvalue weighted by molar-refractivity contribution is 6.22. The molecule has 5 nitrogen and oxygen atoms in total. The molecule has 0 aromatic heterocycles. The van der Waals surface area contributed by atoms with Gasteiger partial charge in [0.2, 0.25) is 0 Å². The fourth-order valence-corrected chi connectivity index (χ4v) is 3.40. The lowest BCUT2D eigenvalue weighted by Crippen LogP contribution is -2.45. The van der Waals surface area contributed by atoms with E-state index in [0.29, 0.717) is 17.7 Å². The summed E-state index contributed by atoms with van der Waals surface area (Å²) in [5.74, 6) is -0.371. The Morgan fingerprint density at radius 3 is 2.91 bits per heavy atom. The van der Waals surface area contributed by atoms with Gasteiger partial charge >= 0.3 is 0 Å². The number of carbonyl (C=O) groups is 2. The van der Waals surface area contributed by atoms with Crippen LogP contribution in [0.3, 0.4) is 0 Å².